The first-order valence-electron chi connectivity index (χ1n) is 12.7. The number of nitrogen functional groups attached to an aromatic ring is 1. The van der Waals surface area contributed by atoms with Gasteiger partial charge in [-0.3, -0.25) is 14.5 Å². The lowest BCUT2D eigenvalue weighted by molar-refractivity contribution is -0.127. The Morgan fingerprint density at radius 3 is 2.82 bits per heavy atom. The van der Waals surface area contributed by atoms with Gasteiger partial charge in [0.2, 0.25) is 5.91 Å². The van der Waals surface area contributed by atoms with Gasteiger partial charge in [-0.15, -0.1) is 0 Å². The molecule has 2 aliphatic heterocycles. The van der Waals surface area contributed by atoms with Crippen molar-refractivity contribution in [2.24, 2.45) is 0 Å². The van der Waals surface area contributed by atoms with Crippen LogP contribution in [0, 0.1) is 0 Å². The third-order valence-corrected chi connectivity index (χ3v) is 7.36. The van der Waals surface area contributed by atoms with Gasteiger partial charge in [0, 0.05) is 44.8 Å². The van der Waals surface area contributed by atoms with Crippen LogP contribution >= 0.6 is 11.6 Å². The zero-order valence-corrected chi connectivity index (χ0v) is 21.9. The van der Waals surface area contributed by atoms with Gasteiger partial charge in [-0.2, -0.15) is 5.10 Å². The molecule has 5 rings (SSSR count). The molecule has 0 unspecified atom stereocenters. The number of hydrogen-bond acceptors (Lipinski definition) is 8. The van der Waals surface area contributed by atoms with Crippen molar-refractivity contribution in [2.75, 3.05) is 58.2 Å². The van der Waals surface area contributed by atoms with Crippen molar-refractivity contribution >= 4 is 40.3 Å². The molecule has 0 radical (unpaired) electrons. The zero-order chi connectivity index (χ0) is 26.6. The van der Waals surface area contributed by atoms with E-state index in [0.29, 0.717) is 71.5 Å². The molecular formula is C26H31ClN8O3. The van der Waals surface area contributed by atoms with Crippen LogP contribution in [0.15, 0.2) is 37.2 Å². The number of carbonyl (C=O) groups excluding carboxylic acids is 2. The molecule has 38 heavy (non-hydrogen) atoms. The SMILES string of the molecule is C=CC(=O)N1CCC[C@@H](n2nc(-c3ccc(C(=O)NCCN4CCOCC4)c(Cl)c3)c3c(N)ncnc32)C1. The number of benzene rings is 1. The van der Waals surface area contributed by atoms with Crippen molar-refractivity contribution in [3.05, 3.63) is 47.8 Å². The third-order valence-electron chi connectivity index (χ3n) is 7.05. The monoisotopic (exact) mass is 538 g/mol. The van der Waals surface area contributed by atoms with E-state index in [4.69, 9.17) is 27.2 Å². The van der Waals surface area contributed by atoms with E-state index in [-0.39, 0.29) is 17.9 Å². The van der Waals surface area contributed by atoms with E-state index in [0.717, 1.165) is 32.5 Å². The Morgan fingerprint density at radius 2 is 2.05 bits per heavy atom. The van der Waals surface area contributed by atoms with E-state index in [2.05, 4.69) is 26.8 Å². The summed E-state index contributed by atoms with van der Waals surface area (Å²) in [5.74, 6) is -0.0412. The molecule has 3 N–H and O–H groups in total. The van der Waals surface area contributed by atoms with Crippen LogP contribution in [0.25, 0.3) is 22.3 Å². The van der Waals surface area contributed by atoms with Crippen LogP contribution in [-0.4, -0.2) is 93.8 Å². The number of nitrogens with one attached hydrogen (secondary N) is 1. The summed E-state index contributed by atoms with van der Waals surface area (Å²) in [5.41, 5.74) is 8.52. The molecule has 2 fully saturated rings. The number of halogens is 1. The summed E-state index contributed by atoms with van der Waals surface area (Å²) in [6, 6.07) is 5.13. The summed E-state index contributed by atoms with van der Waals surface area (Å²) in [6.45, 7) is 9.21. The predicted octanol–water partition coefficient (Wildman–Crippen LogP) is 2.14. The van der Waals surface area contributed by atoms with Gasteiger partial charge < -0.3 is 20.7 Å². The minimum Gasteiger partial charge on any atom is -0.383 e. The summed E-state index contributed by atoms with van der Waals surface area (Å²) in [5, 5.41) is 8.74. The van der Waals surface area contributed by atoms with Gasteiger partial charge in [0.25, 0.3) is 5.91 Å². The summed E-state index contributed by atoms with van der Waals surface area (Å²) in [6.07, 6.45) is 4.41. The van der Waals surface area contributed by atoms with Gasteiger partial charge in [0.15, 0.2) is 5.65 Å². The number of nitrogens with zero attached hydrogens (tertiary/aromatic N) is 6. The first-order valence-corrected chi connectivity index (χ1v) is 13.1. The number of aromatic nitrogens is 4. The molecule has 3 aromatic rings. The van der Waals surface area contributed by atoms with Crippen LogP contribution in [0.2, 0.25) is 5.02 Å². The highest BCUT2D eigenvalue weighted by atomic mass is 35.5. The number of amides is 2. The number of morpholine rings is 1. The topological polar surface area (TPSA) is 132 Å². The highest BCUT2D eigenvalue weighted by Crippen LogP contribution is 2.35. The van der Waals surface area contributed by atoms with E-state index in [1.54, 1.807) is 23.1 Å². The lowest BCUT2D eigenvalue weighted by Crippen LogP contribution is -2.41. The molecule has 1 aromatic carbocycles. The van der Waals surface area contributed by atoms with Gasteiger partial charge >= 0.3 is 0 Å². The van der Waals surface area contributed by atoms with E-state index >= 15 is 0 Å². The highest BCUT2D eigenvalue weighted by molar-refractivity contribution is 6.34. The van der Waals surface area contributed by atoms with Gasteiger partial charge in [-0.1, -0.05) is 24.2 Å². The molecule has 0 bridgehead atoms. The van der Waals surface area contributed by atoms with Gasteiger partial charge in [-0.05, 0) is 31.1 Å². The summed E-state index contributed by atoms with van der Waals surface area (Å²) < 4.78 is 7.19. The second-order valence-corrected chi connectivity index (χ2v) is 9.85. The summed E-state index contributed by atoms with van der Waals surface area (Å²) in [4.78, 5) is 37.7. The maximum absolute atomic E-state index is 12.8. The van der Waals surface area contributed by atoms with Gasteiger partial charge in [0.1, 0.15) is 17.8 Å². The van der Waals surface area contributed by atoms with Crippen LogP contribution in [0.3, 0.4) is 0 Å². The van der Waals surface area contributed by atoms with Crippen LogP contribution in [0.4, 0.5) is 5.82 Å². The molecule has 2 amide bonds. The highest BCUT2D eigenvalue weighted by Gasteiger charge is 2.28. The third kappa shape index (κ3) is 5.35. The van der Waals surface area contributed by atoms with Crippen LogP contribution < -0.4 is 11.1 Å². The smallest absolute Gasteiger partial charge is 0.252 e. The molecule has 0 spiro atoms. The van der Waals surface area contributed by atoms with Crippen molar-refractivity contribution in [1.82, 2.24) is 34.9 Å². The Hall–Kier alpha value is -3.54. The standard InChI is InChI=1S/C26H31ClN8O3/c1-2-21(36)34-8-3-4-18(15-34)35-25-22(24(28)30-16-31-25)23(32-35)17-5-6-19(20(27)14-17)26(37)29-7-9-33-10-12-38-13-11-33/h2,5-6,14,16,18H,1,3-4,7-13,15H2,(H,29,37)(H2,28,30,31)/t18-/m1/s1. The Morgan fingerprint density at radius 1 is 1.24 bits per heavy atom. The Balaban J connectivity index is 1.39. The second-order valence-electron chi connectivity index (χ2n) is 9.44. The zero-order valence-electron chi connectivity index (χ0n) is 21.1. The van der Waals surface area contributed by atoms with E-state index in [1.807, 2.05) is 4.68 Å². The first kappa shape index (κ1) is 26.1. The second kappa shape index (κ2) is 11.5. The molecule has 0 saturated carbocycles. The lowest BCUT2D eigenvalue weighted by atomic mass is 10.1. The maximum Gasteiger partial charge on any atom is 0.252 e. The molecule has 1 atom stereocenters. The fraction of sp³-hybridized carbons (Fsp3) is 0.423. The number of hydrogen-bond donors (Lipinski definition) is 2. The minimum atomic E-state index is -0.234. The molecule has 2 aliphatic rings. The predicted molar refractivity (Wildman–Crippen MR) is 145 cm³/mol. The van der Waals surface area contributed by atoms with Gasteiger partial charge in [0.05, 0.1) is 35.2 Å². The Bertz CT molecular complexity index is 1350. The quantitative estimate of drug-likeness (QED) is 0.437. The number of ether oxygens (including phenoxy) is 1. The van der Waals surface area contributed by atoms with Crippen LogP contribution in [0.5, 0.6) is 0 Å². The largest absolute Gasteiger partial charge is 0.383 e. The molecule has 4 heterocycles. The number of piperidine rings is 1. The fourth-order valence-electron chi connectivity index (χ4n) is 5.03. The van der Waals surface area contributed by atoms with Crippen LogP contribution in [-0.2, 0) is 9.53 Å². The molecule has 2 aromatic heterocycles. The lowest BCUT2D eigenvalue weighted by Gasteiger charge is -2.32. The Kier molecular flexibility index (Phi) is 7.87. The Labute approximate surface area is 225 Å². The number of nitrogens with two attached hydrogens (primary N) is 1. The summed E-state index contributed by atoms with van der Waals surface area (Å²) >= 11 is 6.58. The summed E-state index contributed by atoms with van der Waals surface area (Å²) in [7, 11) is 0. The molecule has 12 heteroatoms. The van der Waals surface area contributed by atoms with E-state index in [9.17, 15) is 9.59 Å². The van der Waals surface area contributed by atoms with Crippen molar-refractivity contribution in [3.8, 4) is 11.3 Å². The number of fused-ring (bicyclic) bond motifs is 1. The molecular weight excluding hydrogens is 508 g/mol. The molecule has 0 aliphatic carbocycles. The fourth-order valence-corrected chi connectivity index (χ4v) is 5.30. The van der Waals surface area contributed by atoms with Gasteiger partial charge in [-0.25, -0.2) is 14.6 Å². The van der Waals surface area contributed by atoms with Crippen molar-refractivity contribution < 1.29 is 14.3 Å². The average molecular weight is 539 g/mol. The van der Waals surface area contributed by atoms with E-state index < -0.39 is 0 Å². The molecule has 200 valence electrons. The average Bonchev–Trinajstić information content (AvgIpc) is 3.34. The number of likely N-dealkylation sites (tertiary alicyclic amines) is 1. The number of anilines is 1. The number of rotatable bonds is 7. The maximum atomic E-state index is 12.8. The normalized spacial score (nSPS) is 18.4. The van der Waals surface area contributed by atoms with Crippen LogP contribution in [0.1, 0.15) is 29.2 Å². The van der Waals surface area contributed by atoms with E-state index in [1.165, 1.54) is 12.4 Å². The minimum absolute atomic E-state index is 0.0785. The van der Waals surface area contributed by atoms with Crippen molar-refractivity contribution in [1.29, 1.82) is 0 Å². The molecule has 2 saturated heterocycles. The van der Waals surface area contributed by atoms with Crippen molar-refractivity contribution in [2.45, 2.75) is 18.9 Å². The number of carbonyl (C=O) groups is 2. The molecule has 11 nitrogen and oxygen atoms in total. The first-order chi connectivity index (χ1) is 18.5. The van der Waals surface area contributed by atoms with Crippen molar-refractivity contribution in [3.63, 3.8) is 0 Å².